The fraction of sp³-hybridized carbons (Fsp3) is 0.444. The second-order valence-electron chi connectivity index (χ2n) is 6.48. The van der Waals surface area contributed by atoms with Crippen LogP contribution in [-0.2, 0) is 11.3 Å². The van der Waals surface area contributed by atoms with Gasteiger partial charge in [-0.25, -0.2) is 0 Å². The Morgan fingerprint density at radius 2 is 1.95 bits per heavy atom. The molecule has 2 bridgehead atoms. The van der Waals surface area contributed by atoms with Crippen LogP contribution in [0.5, 0.6) is 0 Å². The number of hydrogen-bond acceptors (Lipinski definition) is 2. The van der Waals surface area contributed by atoms with Crippen molar-refractivity contribution < 1.29 is 4.74 Å². The summed E-state index contributed by atoms with van der Waals surface area (Å²) in [7, 11) is 1.82. The number of ether oxygens (including phenoxy) is 1. The van der Waals surface area contributed by atoms with Crippen molar-refractivity contribution in [2.24, 2.45) is 17.1 Å². The van der Waals surface area contributed by atoms with Gasteiger partial charge in [-0.2, -0.15) is 0 Å². The summed E-state index contributed by atoms with van der Waals surface area (Å²) >= 11 is 0. The number of allylic oxidation sites excluding steroid dienone is 2. The van der Waals surface area contributed by atoms with Crippen molar-refractivity contribution in [1.82, 2.24) is 0 Å². The Hall–Kier alpha value is -1.38. The van der Waals surface area contributed by atoms with Crippen LogP contribution in [0.3, 0.4) is 0 Å². The van der Waals surface area contributed by atoms with E-state index in [2.05, 4.69) is 56.3 Å². The van der Waals surface area contributed by atoms with Gasteiger partial charge in [0, 0.05) is 25.0 Å². The van der Waals surface area contributed by atoms with Gasteiger partial charge < -0.3 is 10.5 Å². The van der Waals surface area contributed by atoms with Crippen LogP contribution in [0.4, 0.5) is 0 Å². The predicted molar refractivity (Wildman–Crippen MR) is 83.1 cm³/mol. The molecule has 3 aliphatic rings. The number of fused-ring (bicyclic) bond motifs is 1. The first-order valence-corrected chi connectivity index (χ1v) is 7.27. The number of hydrogen-bond donors (Lipinski definition) is 1. The van der Waals surface area contributed by atoms with Crippen LogP contribution in [0, 0.1) is 11.3 Å². The second-order valence-corrected chi connectivity index (χ2v) is 6.48. The van der Waals surface area contributed by atoms with Gasteiger partial charge in [0.25, 0.3) is 0 Å². The van der Waals surface area contributed by atoms with Gasteiger partial charge >= 0.3 is 0 Å². The highest BCUT2D eigenvalue weighted by atomic mass is 16.5. The van der Waals surface area contributed by atoms with E-state index in [1.807, 2.05) is 7.11 Å². The Labute approximate surface area is 121 Å². The number of benzene rings is 1. The van der Waals surface area contributed by atoms with Crippen molar-refractivity contribution in [3.63, 3.8) is 0 Å². The Morgan fingerprint density at radius 1 is 1.25 bits per heavy atom. The second kappa shape index (κ2) is 4.57. The Bertz CT molecular complexity index is 572. The van der Waals surface area contributed by atoms with Gasteiger partial charge in [0.1, 0.15) is 0 Å². The van der Waals surface area contributed by atoms with E-state index in [1.54, 1.807) is 0 Å². The van der Waals surface area contributed by atoms with E-state index in [9.17, 15) is 0 Å². The van der Waals surface area contributed by atoms with Crippen LogP contribution in [0.15, 0.2) is 42.5 Å². The maximum absolute atomic E-state index is 5.79. The molecule has 0 spiro atoms. The molecular formula is C18H23NO. The largest absolute Gasteiger partial charge is 0.378 e. The molecule has 0 aliphatic heterocycles. The summed E-state index contributed by atoms with van der Waals surface area (Å²) in [6.45, 7) is 5.11. The average molecular weight is 269 g/mol. The summed E-state index contributed by atoms with van der Waals surface area (Å²) < 4.78 is 5.79. The highest BCUT2D eigenvalue weighted by Crippen LogP contribution is 2.54. The average Bonchev–Trinajstić information content (AvgIpc) is 2.47. The molecule has 106 valence electrons. The molecule has 2 nitrogen and oxygen atoms in total. The molecule has 0 amide bonds. The van der Waals surface area contributed by atoms with Crippen LogP contribution >= 0.6 is 0 Å². The highest BCUT2D eigenvalue weighted by molar-refractivity contribution is 5.75. The molecule has 0 radical (unpaired) electrons. The quantitative estimate of drug-likeness (QED) is 0.852. The molecule has 20 heavy (non-hydrogen) atoms. The third-order valence-corrected chi connectivity index (χ3v) is 5.02. The molecule has 0 saturated carbocycles. The number of rotatable bonds is 3. The summed E-state index contributed by atoms with van der Waals surface area (Å²) in [6.07, 6.45) is 8.06. The highest BCUT2D eigenvalue weighted by Gasteiger charge is 2.48. The molecule has 2 N–H and O–H groups in total. The molecule has 1 aromatic rings. The maximum Gasteiger partial charge on any atom is 0.0759 e. The van der Waals surface area contributed by atoms with Crippen LogP contribution in [0.25, 0.3) is 5.57 Å². The SMILES string of the molecule is CO[C@]1(C)C[C@@]2(C)C=C[C@@H]1C=C2c1ccc(CN)cc1. The lowest BCUT2D eigenvalue weighted by atomic mass is 9.59. The molecule has 2 heteroatoms. The van der Waals surface area contributed by atoms with Crippen LogP contribution in [-0.4, -0.2) is 12.7 Å². The molecule has 0 unspecified atom stereocenters. The van der Waals surface area contributed by atoms with Crippen LogP contribution in [0.2, 0.25) is 0 Å². The molecule has 3 aliphatic carbocycles. The number of methoxy groups -OCH3 is 1. The molecule has 1 aromatic carbocycles. The van der Waals surface area contributed by atoms with Gasteiger partial charge in [-0.1, -0.05) is 49.4 Å². The summed E-state index contributed by atoms with van der Waals surface area (Å²) in [5.41, 5.74) is 9.56. The first-order valence-electron chi connectivity index (χ1n) is 7.27. The first kappa shape index (κ1) is 13.6. The minimum atomic E-state index is -0.0792. The van der Waals surface area contributed by atoms with E-state index < -0.39 is 0 Å². The zero-order chi connectivity index (χ0) is 14.4. The Balaban J connectivity index is 2.01. The fourth-order valence-corrected chi connectivity index (χ4v) is 3.67. The standard InChI is InChI=1S/C18H23NO/c1-17-9-8-15(18(2,12-17)20-3)10-16(17)14-6-4-13(11-19)5-7-14/h4-10,15H,11-12,19H2,1-3H3/t15-,17-,18-/m1/s1. The van der Waals surface area contributed by atoms with Crippen LogP contribution in [0.1, 0.15) is 31.4 Å². The lowest BCUT2D eigenvalue weighted by molar-refractivity contribution is -0.0461. The van der Waals surface area contributed by atoms with E-state index in [0.717, 1.165) is 6.42 Å². The van der Waals surface area contributed by atoms with E-state index in [-0.39, 0.29) is 11.0 Å². The third-order valence-electron chi connectivity index (χ3n) is 5.02. The van der Waals surface area contributed by atoms with E-state index in [4.69, 9.17) is 10.5 Å². The minimum Gasteiger partial charge on any atom is -0.378 e. The molecule has 0 saturated heterocycles. The summed E-state index contributed by atoms with van der Waals surface area (Å²) in [5.74, 6) is 0.360. The summed E-state index contributed by atoms with van der Waals surface area (Å²) in [6, 6.07) is 8.64. The molecule has 0 heterocycles. The summed E-state index contributed by atoms with van der Waals surface area (Å²) in [4.78, 5) is 0. The smallest absolute Gasteiger partial charge is 0.0759 e. The van der Waals surface area contributed by atoms with E-state index in [0.29, 0.717) is 12.5 Å². The van der Waals surface area contributed by atoms with Crippen molar-refractivity contribution >= 4 is 5.57 Å². The minimum absolute atomic E-state index is 0.0593. The van der Waals surface area contributed by atoms with Gasteiger partial charge in [-0.3, -0.25) is 0 Å². The number of nitrogens with two attached hydrogens (primary N) is 1. The lowest BCUT2D eigenvalue weighted by Gasteiger charge is -2.50. The maximum atomic E-state index is 5.79. The van der Waals surface area contributed by atoms with Crippen molar-refractivity contribution in [3.05, 3.63) is 53.6 Å². The van der Waals surface area contributed by atoms with Gasteiger partial charge in [0.05, 0.1) is 5.60 Å². The summed E-state index contributed by atoms with van der Waals surface area (Å²) in [5, 5.41) is 0. The Morgan fingerprint density at radius 3 is 2.50 bits per heavy atom. The van der Waals surface area contributed by atoms with Gasteiger partial charge in [-0.15, -0.1) is 0 Å². The zero-order valence-electron chi connectivity index (χ0n) is 12.5. The van der Waals surface area contributed by atoms with Crippen molar-refractivity contribution in [3.8, 4) is 0 Å². The van der Waals surface area contributed by atoms with E-state index >= 15 is 0 Å². The van der Waals surface area contributed by atoms with Crippen molar-refractivity contribution in [1.29, 1.82) is 0 Å². The van der Waals surface area contributed by atoms with Crippen LogP contribution < -0.4 is 5.73 Å². The van der Waals surface area contributed by atoms with Crippen molar-refractivity contribution in [2.45, 2.75) is 32.4 Å². The van der Waals surface area contributed by atoms with Crippen molar-refractivity contribution in [2.75, 3.05) is 7.11 Å². The molecule has 3 atom stereocenters. The fourth-order valence-electron chi connectivity index (χ4n) is 3.67. The Kier molecular flexibility index (Phi) is 3.11. The normalized spacial score (nSPS) is 35.2. The molecule has 0 aromatic heterocycles. The predicted octanol–water partition coefficient (Wildman–Crippen LogP) is 3.53. The molecule has 0 fully saturated rings. The van der Waals surface area contributed by atoms with Gasteiger partial charge in [0.2, 0.25) is 0 Å². The van der Waals surface area contributed by atoms with Gasteiger partial charge in [0.15, 0.2) is 0 Å². The van der Waals surface area contributed by atoms with Gasteiger partial charge in [-0.05, 0) is 30.0 Å². The third kappa shape index (κ3) is 1.95. The molecular weight excluding hydrogens is 246 g/mol. The molecule has 4 rings (SSSR count). The topological polar surface area (TPSA) is 35.2 Å². The lowest BCUT2D eigenvalue weighted by Crippen LogP contribution is -2.46. The zero-order valence-corrected chi connectivity index (χ0v) is 12.5. The van der Waals surface area contributed by atoms with E-state index in [1.165, 1.54) is 16.7 Å². The first-order chi connectivity index (χ1) is 9.51. The monoisotopic (exact) mass is 269 g/mol.